The fourth-order valence-corrected chi connectivity index (χ4v) is 4.65. The van der Waals surface area contributed by atoms with E-state index in [1.165, 1.54) is 23.7 Å². The van der Waals surface area contributed by atoms with E-state index < -0.39 is 6.04 Å². The first-order valence-corrected chi connectivity index (χ1v) is 10.2. The first kappa shape index (κ1) is 19.8. The van der Waals surface area contributed by atoms with Crippen LogP contribution in [-0.2, 0) is 22.4 Å². The van der Waals surface area contributed by atoms with Gasteiger partial charge in [-0.3, -0.25) is 14.6 Å². The molecule has 0 bridgehead atoms. The molecule has 0 aromatic carbocycles. The zero-order valence-electron chi connectivity index (χ0n) is 15.9. The summed E-state index contributed by atoms with van der Waals surface area (Å²) >= 11 is 1.27. The van der Waals surface area contributed by atoms with Crippen molar-refractivity contribution in [1.29, 1.82) is 5.26 Å². The molecule has 0 fully saturated rings. The van der Waals surface area contributed by atoms with E-state index in [4.69, 9.17) is 4.42 Å². The zero-order chi connectivity index (χ0) is 20.9. The molecule has 3 aromatic rings. The van der Waals surface area contributed by atoms with Gasteiger partial charge in [0.25, 0.3) is 0 Å². The van der Waals surface area contributed by atoms with Crippen LogP contribution < -0.4 is 10.6 Å². The van der Waals surface area contributed by atoms with Gasteiger partial charge in [-0.05, 0) is 42.3 Å². The lowest BCUT2D eigenvalue weighted by Gasteiger charge is -2.22. The molecule has 2 N–H and O–H groups in total. The number of hydrogen-bond acceptors (Lipinski definition) is 7. The van der Waals surface area contributed by atoms with Crippen molar-refractivity contribution in [1.82, 2.24) is 10.3 Å². The predicted molar refractivity (Wildman–Crippen MR) is 113 cm³/mol. The average Bonchev–Trinajstić information content (AvgIpc) is 3.40. The Bertz CT molecular complexity index is 1130. The van der Waals surface area contributed by atoms with E-state index in [0.717, 1.165) is 10.4 Å². The van der Waals surface area contributed by atoms with Crippen LogP contribution in [0.2, 0.25) is 0 Å². The topological polar surface area (TPSA) is 108 Å². The van der Waals surface area contributed by atoms with Crippen LogP contribution >= 0.6 is 11.3 Å². The molecule has 8 heteroatoms. The number of pyridine rings is 1. The number of anilines is 1. The highest BCUT2D eigenvalue weighted by Gasteiger charge is 2.32. The number of aromatic nitrogens is 1. The predicted octanol–water partition coefficient (Wildman–Crippen LogP) is 3.26. The molecule has 0 saturated carbocycles. The molecule has 1 amide bonds. The highest BCUT2D eigenvalue weighted by molar-refractivity contribution is 7.17. The van der Waals surface area contributed by atoms with Gasteiger partial charge in [0.15, 0.2) is 5.78 Å². The van der Waals surface area contributed by atoms with Gasteiger partial charge in [-0.2, -0.15) is 5.26 Å². The molecular weight excluding hydrogens is 400 g/mol. The summed E-state index contributed by atoms with van der Waals surface area (Å²) in [5.41, 5.74) is 1.95. The largest absolute Gasteiger partial charge is 0.465 e. The Kier molecular flexibility index (Phi) is 5.84. The Morgan fingerprint density at radius 2 is 2.27 bits per heavy atom. The number of furan rings is 1. The number of nitrogens with zero attached hydrogens (tertiary/aromatic N) is 2. The Balaban J connectivity index is 1.55. The van der Waals surface area contributed by atoms with Gasteiger partial charge in [0.05, 0.1) is 18.2 Å². The molecule has 0 spiro atoms. The number of fused-ring (bicyclic) bond motifs is 1. The smallest absolute Gasteiger partial charge is 0.249 e. The lowest BCUT2D eigenvalue weighted by Crippen LogP contribution is -2.35. The second-order valence-corrected chi connectivity index (χ2v) is 7.75. The van der Waals surface area contributed by atoms with Crippen molar-refractivity contribution in [2.24, 2.45) is 0 Å². The van der Waals surface area contributed by atoms with Crippen LogP contribution in [0.25, 0.3) is 6.08 Å². The number of hydrogen-bond donors (Lipinski definition) is 2. The lowest BCUT2D eigenvalue weighted by molar-refractivity contribution is -0.120. The van der Waals surface area contributed by atoms with Crippen LogP contribution in [-0.4, -0.2) is 23.2 Å². The number of carbonyl (C=O) groups excluding carboxylic acids is 2. The molecule has 1 atom stereocenters. The number of rotatable bonds is 6. The van der Waals surface area contributed by atoms with Crippen molar-refractivity contribution in [3.05, 3.63) is 76.3 Å². The van der Waals surface area contributed by atoms with Gasteiger partial charge in [-0.25, -0.2) is 0 Å². The van der Waals surface area contributed by atoms with Crippen LogP contribution in [0, 0.1) is 11.3 Å². The number of nitriles is 1. The first-order valence-electron chi connectivity index (χ1n) is 9.40. The number of thiophene rings is 1. The van der Waals surface area contributed by atoms with E-state index in [0.29, 0.717) is 35.0 Å². The molecule has 4 rings (SSSR count). The summed E-state index contributed by atoms with van der Waals surface area (Å²) in [7, 11) is 0. The van der Waals surface area contributed by atoms with Gasteiger partial charge < -0.3 is 15.1 Å². The van der Waals surface area contributed by atoms with E-state index in [1.807, 2.05) is 12.1 Å². The molecule has 30 heavy (non-hydrogen) atoms. The van der Waals surface area contributed by atoms with Crippen LogP contribution in [0.4, 0.5) is 5.00 Å². The van der Waals surface area contributed by atoms with Crippen LogP contribution in [0.5, 0.6) is 0 Å². The van der Waals surface area contributed by atoms with Crippen molar-refractivity contribution >= 4 is 34.1 Å². The second kappa shape index (κ2) is 8.86. The molecule has 3 aromatic heterocycles. The Morgan fingerprint density at radius 3 is 3.00 bits per heavy atom. The van der Waals surface area contributed by atoms with Crippen LogP contribution in [0.15, 0.2) is 53.3 Å². The lowest BCUT2D eigenvalue weighted by atomic mass is 9.95. The summed E-state index contributed by atoms with van der Waals surface area (Å²) in [6, 6.07) is 10.6. The molecule has 1 aliphatic rings. The SMILES string of the molecule is N#Cc1c(NC(=O)/C=C/c2ccco2)sc2c1CCNC2C(=O)Cc1ccccn1. The minimum Gasteiger partial charge on any atom is -0.465 e. The van der Waals surface area contributed by atoms with Crippen molar-refractivity contribution in [3.63, 3.8) is 0 Å². The summed E-state index contributed by atoms with van der Waals surface area (Å²) in [6.07, 6.45) is 6.90. The molecule has 1 aliphatic heterocycles. The molecular formula is C22H18N4O3S. The van der Waals surface area contributed by atoms with E-state index in [1.54, 1.807) is 30.5 Å². The highest BCUT2D eigenvalue weighted by Crippen LogP contribution is 2.39. The van der Waals surface area contributed by atoms with Gasteiger partial charge >= 0.3 is 0 Å². The van der Waals surface area contributed by atoms with E-state index in [-0.39, 0.29) is 18.1 Å². The third kappa shape index (κ3) is 4.22. The third-order valence-corrected chi connectivity index (χ3v) is 5.93. The summed E-state index contributed by atoms with van der Waals surface area (Å²) in [6.45, 7) is 0.586. The van der Waals surface area contributed by atoms with Gasteiger partial charge in [-0.1, -0.05) is 6.07 Å². The number of ketones is 1. The molecule has 150 valence electrons. The Hall–Kier alpha value is -3.54. The van der Waals surface area contributed by atoms with E-state index in [9.17, 15) is 14.9 Å². The summed E-state index contributed by atoms with van der Waals surface area (Å²) in [5.74, 6) is 0.169. The molecule has 0 saturated heterocycles. The minimum absolute atomic E-state index is 0.0176. The van der Waals surface area contributed by atoms with Gasteiger partial charge in [0.1, 0.15) is 22.9 Å². The highest BCUT2D eigenvalue weighted by atomic mass is 32.1. The van der Waals surface area contributed by atoms with Crippen LogP contribution in [0.3, 0.4) is 0 Å². The average molecular weight is 418 g/mol. The van der Waals surface area contributed by atoms with Crippen LogP contribution in [0.1, 0.15) is 33.5 Å². The van der Waals surface area contributed by atoms with Crippen molar-refractivity contribution in [2.45, 2.75) is 18.9 Å². The summed E-state index contributed by atoms with van der Waals surface area (Å²) in [4.78, 5) is 30.2. The maximum absolute atomic E-state index is 12.9. The van der Waals surface area contributed by atoms with Crippen molar-refractivity contribution < 1.29 is 14.0 Å². The van der Waals surface area contributed by atoms with Gasteiger partial charge in [-0.15, -0.1) is 11.3 Å². The summed E-state index contributed by atoms with van der Waals surface area (Å²) in [5, 5.41) is 16.1. The van der Waals surface area contributed by atoms with E-state index in [2.05, 4.69) is 21.7 Å². The molecule has 0 aliphatic carbocycles. The van der Waals surface area contributed by atoms with Gasteiger partial charge in [0, 0.05) is 29.4 Å². The van der Waals surface area contributed by atoms with Crippen molar-refractivity contribution in [3.8, 4) is 6.07 Å². The number of nitrogens with one attached hydrogen (secondary N) is 2. The van der Waals surface area contributed by atoms with E-state index >= 15 is 0 Å². The Morgan fingerprint density at radius 1 is 1.37 bits per heavy atom. The molecule has 0 radical (unpaired) electrons. The summed E-state index contributed by atoms with van der Waals surface area (Å²) < 4.78 is 5.17. The molecule has 7 nitrogen and oxygen atoms in total. The fraction of sp³-hybridized carbons (Fsp3) is 0.182. The first-order chi connectivity index (χ1) is 14.7. The Labute approximate surface area is 177 Å². The quantitative estimate of drug-likeness (QED) is 0.595. The monoisotopic (exact) mass is 418 g/mol. The standard InChI is InChI=1S/C22H18N4O3S/c23-13-17-16-8-10-25-20(18(27)12-14-4-1-2-9-24-14)21(16)30-22(17)26-19(28)7-6-15-5-3-11-29-15/h1-7,9,11,20,25H,8,10,12H2,(H,26,28)/b7-6+. The maximum Gasteiger partial charge on any atom is 0.249 e. The minimum atomic E-state index is -0.517. The number of carbonyl (C=O) groups is 2. The zero-order valence-corrected chi connectivity index (χ0v) is 16.7. The van der Waals surface area contributed by atoms with Gasteiger partial charge in [0.2, 0.25) is 5.91 Å². The molecule has 1 unspecified atom stereocenters. The van der Waals surface area contributed by atoms with Crippen molar-refractivity contribution in [2.75, 3.05) is 11.9 Å². The fourth-order valence-electron chi connectivity index (χ4n) is 3.35. The third-order valence-electron chi connectivity index (χ3n) is 4.72. The number of amides is 1. The second-order valence-electron chi connectivity index (χ2n) is 6.70. The normalized spacial score (nSPS) is 15.5. The maximum atomic E-state index is 12.9. The number of Topliss-reactive ketones (excluding diaryl/α,β-unsaturated/α-hetero) is 1. The molecule has 4 heterocycles.